The Bertz CT molecular complexity index is 662. The van der Waals surface area contributed by atoms with Crippen LogP contribution in [0.3, 0.4) is 0 Å². The van der Waals surface area contributed by atoms with E-state index in [-0.39, 0.29) is 18.5 Å². The molecular formula is C17H17N3O2. The Kier molecular flexibility index (Phi) is 5.57. The number of hydrogen-bond donors (Lipinski definition) is 0. The minimum absolute atomic E-state index is 0.00319. The molecule has 0 spiro atoms. The molecule has 0 aromatic heterocycles. The number of azide groups is 1. The summed E-state index contributed by atoms with van der Waals surface area (Å²) in [5.41, 5.74) is 10.9. The van der Waals surface area contributed by atoms with E-state index in [4.69, 9.17) is 10.3 Å². The topological polar surface area (TPSA) is 75.1 Å². The quantitative estimate of drug-likeness (QED) is 0.341. The first kappa shape index (κ1) is 15.6. The van der Waals surface area contributed by atoms with Gasteiger partial charge in [-0.2, -0.15) is 0 Å². The van der Waals surface area contributed by atoms with E-state index in [0.717, 1.165) is 11.1 Å². The Balaban J connectivity index is 1.95. The molecule has 2 aromatic carbocycles. The number of carbonyl (C=O) groups excluding carboxylic acids is 1. The number of esters is 1. The number of rotatable bonds is 6. The van der Waals surface area contributed by atoms with Gasteiger partial charge in [-0.3, -0.25) is 0 Å². The van der Waals surface area contributed by atoms with Crippen LogP contribution < -0.4 is 0 Å². The maximum absolute atomic E-state index is 11.9. The molecule has 0 aliphatic rings. The van der Waals surface area contributed by atoms with Crippen molar-refractivity contribution in [3.05, 3.63) is 70.6 Å². The molecule has 5 nitrogen and oxygen atoms in total. The third kappa shape index (κ3) is 4.36. The van der Waals surface area contributed by atoms with Gasteiger partial charge >= 0.3 is 5.97 Å². The number of carbonyl (C=O) groups is 1. The molecule has 1 unspecified atom stereocenters. The molecule has 22 heavy (non-hydrogen) atoms. The van der Waals surface area contributed by atoms with Crippen molar-refractivity contribution in [2.45, 2.75) is 6.92 Å². The van der Waals surface area contributed by atoms with Gasteiger partial charge in [-0.05, 0) is 34.7 Å². The van der Waals surface area contributed by atoms with Gasteiger partial charge in [0.25, 0.3) is 0 Å². The fourth-order valence-corrected chi connectivity index (χ4v) is 1.96. The van der Waals surface area contributed by atoms with Crippen LogP contribution in [-0.4, -0.2) is 19.1 Å². The van der Waals surface area contributed by atoms with Crippen LogP contribution in [0.1, 0.15) is 17.3 Å². The summed E-state index contributed by atoms with van der Waals surface area (Å²) in [7, 11) is 0. The molecule has 0 amide bonds. The highest BCUT2D eigenvalue weighted by Gasteiger charge is 2.09. The van der Waals surface area contributed by atoms with Crippen LogP contribution in [-0.2, 0) is 4.74 Å². The second-order valence-electron chi connectivity index (χ2n) is 5.06. The van der Waals surface area contributed by atoms with Gasteiger partial charge in [0.05, 0.1) is 12.2 Å². The van der Waals surface area contributed by atoms with E-state index in [2.05, 4.69) is 10.0 Å². The van der Waals surface area contributed by atoms with Crippen LogP contribution in [0.5, 0.6) is 0 Å². The summed E-state index contributed by atoms with van der Waals surface area (Å²) in [6.07, 6.45) is 0. The number of benzene rings is 2. The van der Waals surface area contributed by atoms with Crippen LogP contribution in [0.4, 0.5) is 0 Å². The van der Waals surface area contributed by atoms with Gasteiger partial charge in [0.2, 0.25) is 0 Å². The van der Waals surface area contributed by atoms with E-state index in [1.165, 1.54) is 0 Å². The van der Waals surface area contributed by atoms with E-state index in [1.54, 1.807) is 12.1 Å². The van der Waals surface area contributed by atoms with Crippen LogP contribution in [0.25, 0.3) is 21.6 Å². The summed E-state index contributed by atoms with van der Waals surface area (Å²) in [5, 5.41) is 3.46. The Hall–Kier alpha value is -2.78. The summed E-state index contributed by atoms with van der Waals surface area (Å²) in [6.45, 7) is 2.41. The molecule has 0 aliphatic carbocycles. The van der Waals surface area contributed by atoms with Gasteiger partial charge in [-0.25, -0.2) is 4.79 Å². The van der Waals surface area contributed by atoms with Crippen molar-refractivity contribution in [1.29, 1.82) is 0 Å². The van der Waals surface area contributed by atoms with E-state index >= 15 is 0 Å². The Morgan fingerprint density at radius 2 is 1.77 bits per heavy atom. The van der Waals surface area contributed by atoms with Gasteiger partial charge < -0.3 is 4.74 Å². The van der Waals surface area contributed by atoms with E-state index in [0.29, 0.717) is 12.1 Å². The lowest BCUT2D eigenvalue weighted by Crippen LogP contribution is -2.13. The minimum atomic E-state index is -0.368. The largest absolute Gasteiger partial charge is 0.462 e. The lowest BCUT2D eigenvalue weighted by molar-refractivity contribution is 0.0454. The predicted octanol–water partition coefficient (Wildman–Crippen LogP) is 4.46. The smallest absolute Gasteiger partial charge is 0.338 e. The molecule has 0 heterocycles. The van der Waals surface area contributed by atoms with E-state index in [1.807, 2.05) is 49.4 Å². The average molecular weight is 295 g/mol. The summed E-state index contributed by atoms with van der Waals surface area (Å²) >= 11 is 0. The second kappa shape index (κ2) is 7.86. The summed E-state index contributed by atoms with van der Waals surface area (Å²) < 4.78 is 5.21. The van der Waals surface area contributed by atoms with Gasteiger partial charge in [0, 0.05) is 11.5 Å². The Labute approximate surface area is 129 Å². The van der Waals surface area contributed by atoms with Crippen LogP contribution in [0.2, 0.25) is 0 Å². The number of ether oxygens (including phenoxy) is 1. The normalized spacial score (nSPS) is 11.3. The predicted molar refractivity (Wildman–Crippen MR) is 85.3 cm³/mol. The molecule has 0 aliphatic heterocycles. The third-order valence-corrected chi connectivity index (χ3v) is 3.18. The van der Waals surface area contributed by atoms with Crippen molar-refractivity contribution in [1.82, 2.24) is 0 Å². The van der Waals surface area contributed by atoms with E-state index < -0.39 is 0 Å². The lowest BCUT2D eigenvalue weighted by atomic mass is 10.0. The molecule has 5 heteroatoms. The zero-order valence-electron chi connectivity index (χ0n) is 12.3. The molecular weight excluding hydrogens is 278 g/mol. The van der Waals surface area contributed by atoms with Crippen LogP contribution >= 0.6 is 0 Å². The fourth-order valence-electron chi connectivity index (χ4n) is 1.96. The average Bonchev–Trinajstić information content (AvgIpc) is 2.58. The van der Waals surface area contributed by atoms with Crippen molar-refractivity contribution in [3.63, 3.8) is 0 Å². The zero-order chi connectivity index (χ0) is 15.8. The van der Waals surface area contributed by atoms with Crippen molar-refractivity contribution < 1.29 is 9.53 Å². The van der Waals surface area contributed by atoms with Crippen molar-refractivity contribution in [2.75, 3.05) is 13.2 Å². The SMILES string of the molecule is CC(CN=[N+]=[N-])COC(=O)c1ccc(-c2ccccc2)cc1. The van der Waals surface area contributed by atoms with Gasteiger partial charge in [-0.15, -0.1) is 0 Å². The molecule has 0 saturated heterocycles. The molecule has 0 bridgehead atoms. The molecule has 0 fully saturated rings. The summed E-state index contributed by atoms with van der Waals surface area (Å²) in [5.74, 6) is -0.365. The fraction of sp³-hybridized carbons (Fsp3) is 0.235. The van der Waals surface area contributed by atoms with Gasteiger partial charge in [0.15, 0.2) is 0 Å². The van der Waals surface area contributed by atoms with Crippen molar-refractivity contribution >= 4 is 5.97 Å². The molecule has 0 radical (unpaired) electrons. The maximum Gasteiger partial charge on any atom is 0.338 e. The molecule has 1 atom stereocenters. The van der Waals surface area contributed by atoms with Crippen molar-refractivity contribution in [2.24, 2.45) is 11.0 Å². The summed E-state index contributed by atoms with van der Waals surface area (Å²) in [6, 6.07) is 17.3. The van der Waals surface area contributed by atoms with Crippen molar-refractivity contribution in [3.8, 4) is 11.1 Å². The Morgan fingerprint density at radius 3 is 2.41 bits per heavy atom. The highest BCUT2D eigenvalue weighted by atomic mass is 16.5. The lowest BCUT2D eigenvalue weighted by Gasteiger charge is -2.09. The minimum Gasteiger partial charge on any atom is -0.462 e. The van der Waals surface area contributed by atoms with Crippen LogP contribution in [0, 0.1) is 5.92 Å². The molecule has 112 valence electrons. The third-order valence-electron chi connectivity index (χ3n) is 3.18. The maximum atomic E-state index is 11.9. The Morgan fingerprint density at radius 1 is 1.14 bits per heavy atom. The summed E-state index contributed by atoms with van der Waals surface area (Å²) in [4.78, 5) is 14.6. The standard InChI is InChI=1S/C17H17N3O2/c1-13(11-19-20-18)12-22-17(21)16-9-7-15(8-10-16)14-5-3-2-4-6-14/h2-10,13H,11-12H2,1H3. The van der Waals surface area contributed by atoms with E-state index in [9.17, 15) is 4.79 Å². The second-order valence-corrected chi connectivity index (χ2v) is 5.06. The first-order chi connectivity index (χ1) is 10.7. The first-order valence-corrected chi connectivity index (χ1v) is 7.04. The molecule has 0 saturated carbocycles. The number of hydrogen-bond acceptors (Lipinski definition) is 3. The molecule has 2 rings (SSSR count). The molecule has 0 N–H and O–H groups in total. The highest BCUT2D eigenvalue weighted by molar-refractivity contribution is 5.90. The van der Waals surface area contributed by atoms with Gasteiger partial charge in [0.1, 0.15) is 0 Å². The van der Waals surface area contributed by atoms with Crippen LogP contribution in [0.15, 0.2) is 59.7 Å². The van der Waals surface area contributed by atoms with Gasteiger partial charge in [-0.1, -0.05) is 54.5 Å². The zero-order valence-corrected chi connectivity index (χ0v) is 12.3. The molecule has 2 aromatic rings. The first-order valence-electron chi connectivity index (χ1n) is 7.04. The monoisotopic (exact) mass is 295 g/mol. The highest BCUT2D eigenvalue weighted by Crippen LogP contribution is 2.19. The number of nitrogens with zero attached hydrogens (tertiary/aromatic N) is 3.